The number of primary sulfonamides is 1. The van der Waals surface area contributed by atoms with E-state index in [-0.39, 0.29) is 57.6 Å². The van der Waals surface area contributed by atoms with Crippen LogP contribution >= 0.6 is 0 Å². The summed E-state index contributed by atoms with van der Waals surface area (Å²) in [6.07, 6.45) is 4.25. The number of nitrogens with two attached hydrogens (primary N) is 2. The molecule has 0 radical (unpaired) electrons. The quantitative estimate of drug-likeness (QED) is 0.105. The van der Waals surface area contributed by atoms with Crippen LogP contribution in [0.3, 0.4) is 0 Å². The fourth-order valence-electron chi connectivity index (χ4n) is 8.11. The van der Waals surface area contributed by atoms with Crippen LogP contribution in [0.25, 0.3) is 0 Å². The highest BCUT2D eigenvalue weighted by Gasteiger charge is 2.50. The van der Waals surface area contributed by atoms with Crippen molar-refractivity contribution >= 4 is 21.9 Å². The highest BCUT2D eigenvalue weighted by atomic mass is 32.2. The van der Waals surface area contributed by atoms with Crippen molar-refractivity contribution < 1.29 is 88.0 Å². The van der Waals surface area contributed by atoms with Crippen LogP contribution in [0.4, 0.5) is 0 Å². The molecular formula is C48H77N3O18S. The summed E-state index contributed by atoms with van der Waals surface area (Å²) < 4.78 is 46.1. The summed E-state index contributed by atoms with van der Waals surface area (Å²) in [7, 11) is -3.85. The van der Waals surface area contributed by atoms with Gasteiger partial charge in [-0.05, 0) is 32.6 Å². The maximum atomic E-state index is 13.7. The predicted molar refractivity (Wildman–Crippen MR) is 256 cm³/mol. The fraction of sp³-hybridized carbons (Fsp3) is 0.667. The first-order chi connectivity index (χ1) is 33.0. The molecule has 2 fully saturated rings. The lowest BCUT2D eigenvalue weighted by Crippen LogP contribution is -2.59. The van der Waals surface area contributed by atoms with E-state index in [1.165, 1.54) is 6.08 Å². The number of sulfonamides is 1. The van der Waals surface area contributed by atoms with Crippen LogP contribution in [0.1, 0.15) is 78.1 Å². The van der Waals surface area contributed by atoms with E-state index in [0.29, 0.717) is 0 Å². The first-order valence-electron chi connectivity index (χ1n) is 23.7. The maximum Gasteiger partial charge on any atom is 0.308 e. The number of hydrogen-bond donors (Lipinski definition) is 13. The summed E-state index contributed by atoms with van der Waals surface area (Å²) >= 11 is 0. The van der Waals surface area contributed by atoms with Crippen LogP contribution in [0.15, 0.2) is 85.1 Å². The molecule has 0 aromatic rings. The minimum Gasteiger partial charge on any atom is -0.462 e. The van der Waals surface area contributed by atoms with Gasteiger partial charge in [0.05, 0.1) is 91.8 Å². The molecule has 1 amide bonds. The van der Waals surface area contributed by atoms with Crippen LogP contribution in [0.2, 0.25) is 0 Å². The second kappa shape index (κ2) is 30.5. The number of fused-ring (bicyclic) bond motifs is 2. The first-order valence-corrected chi connectivity index (χ1v) is 25.4. The number of ether oxygens (including phenoxy) is 4. The number of esters is 1. The van der Waals surface area contributed by atoms with Gasteiger partial charge in [0.15, 0.2) is 12.1 Å². The summed E-state index contributed by atoms with van der Waals surface area (Å²) in [5.41, 5.74) is 5.99. The summed E-state index contributed by atoms with van der Waals surface area (Å²) in [5, 5.41) is 116. The minimum atomic E-state index is -3.85. The van der Waals surface area contributed by atoms with Gasteiger partial charge in [-0.2, -0.15) is 0 Å². The summed E-state index contributed by atoms with van der Waals surface area (Å²) in [4.78, 5) is 26.2. The molecule has 0 aromatic carbocycles. The average molecular weight is 1020 g/mol. The number of amides is 1. The molecular weight excluding hydrogens is 939 g/mol. The van der Waals surface area contributed by atoms with Crippen LogP contribution in [-0.2, 0) is 38.6 Å². The Morgan fingerprint density at radius 1 is 0.743 bits per heavy atom. The Morgan fingerprint density at radius 2 is 1.34 bits per heavy atom. The third kappa shape index (κ3) is 22.9. The van der Waals surface area contributed by atoms with Gasteiger partial charge in [-0.15, -0.1) is 0 Å². The number of hydrogen-bond acceptors (Lipinski definition) is 19. The number of nitrogens with one attached hydrogen (secondary N) is 1. The number of aliphatic hydroxyl groups excluding tert-OH is 9. The number of cyclic esters (lactones) is 1. The Balaban J connectivity index is 1.91. The highest BCUT2D eigenvalue weighted by molar-refractivity contribution is 7.89. The van der Waals surface area contributed by atoms with Crippen molar-refractivity contribution in [1.82, 2.24) is 5.32 Å². The molecule has 17 atom stereocenters. The SMILES string of the molecule is C[C@H]1C[C@H](O)[C@@H](C)/C=C/C=C/C=C/C=C/C=C/C=C/C=C/C(O[C@@H]2OC[C@@H](O)[C@H](N)[C@@H]2O)C[C@@H]2OC(O)(CC(O)CC(O)C(O)CCC(O)CC(O)CC(=O)O1)C[C@H](O)[C@H]2C(=O)NCCCS(N)(=O)=O. The lowest BCUT2D eigenvalue weighted by atomic mass is 9.82. The van der Waals surface area contributed by atoms with Gasteiger partial charge in [0.25, 0.3) is 0 Å². The van der Waals surface area contributed by atoms with E-state index in [0.717, 1.165) is 0 Å². The third-order valence-corrected chi connectivity index (χ3v) is 12.8. The molecule has 3 aliphatic rings. The number of carbonyl (C=O) groups excluding carboxylic acids is 2. The van der Waals surface area contributed by atoms with Crippen molar-refractivity contribution in [3.05, 3.63) is 85.1 Å². The van der Waals surface area contributed by atoms with Gasteiger partial charge in [-0.1, -0.05) is 92.0 Å². The van der Waals surface area contributed by atoms with Crippen LogP contribution < -0.4 is 16.2 Å². The van der Waals surface area contributed by atoms with Crippen molar-refractivity contribution in [2.75, 3.05) is 18.9 Å². The average Bonchev–Trinajstić information content (AvgIpc) is 3.25. The van der Waals surface area contributed by atoms with Crippen molar-refractivity contribution in [2.45, 2.75) is 169 Å². The Kier molecular flexibility index (Phi) is 26.5. The Labute approximate surface area is 410 Å². The number of aliphatic hydroxyl groups is 10. The van der Waals surface area contributed by atoms with E-state index in [1.807, 2.05) is 6.92 Å². The summed E-state index contributed by atoms with van der Waals surface area (Å²) in [6.45, 7) is 2.98. The van der Waals surface area contributed by atoms with Gasteiger partial charge < -0.3 is 81.1 Å². The van der Waals surface area contributed by atoms with Gasteiger partial charge in [0.1, 0.15) is 12.2 Å². The molecule has 0 saturated carbocycles. The zero-order chi connectivity index (χ0) is 52.0. The van der Waals surface area contributed by atoms with Crippen molar-refractivity contribution in [1.29, 1.82) is 0 Å². The smallest absolute Gasteiger partial charge is 0.308 e. The van der Waals surface area contributed by atoms with E-state index >= 15 is 0 Å². The van der Waals surface area contributed by atoms with Crippen molar-refractivity contribution in [3.8, 4) is 0 Å². The molecule has 15 N–H and O–H groups in total. The number of allylic oxidation sites excluding steroid dienone is 12. The Morgan fingerprint density at radius 3 is 1.96 bits per heavy atom. The molecule has 7 unspecified atom stereocenters. The molecule has 70 heavy (non-hydrogen) atoms. The van der Waals surface area contributed by atoms with E-state index in [9.17, 15) is 69.1 Å². The molecule has 398 valence electrons. The van der Waals surface area contributed by atoms with Gasteiger partial charge in [-0.3, -0.25) is 9.59 Å². The zero-order valence-corrected chi connectivity index (χ0v) is 40.6. The molecule has 3 rings (SSSR count). The molecule has 2 bridgehead atoms. The second-order valence-corrected chi connectivity index (χ2v) is 20.1. The van der Waals surface area contributed by atoms with Gasteiger partial charge in [0, 0.05) is 44.6 Å². The van der Waals surface area contributed by atoms with Crippen LogP contribution in [-0.4, -0.2) is 182 Å². The third-order valence-electron chi connectivity index (χ3n) is 12.0. The largest absolute Gasteiger partial charge is 0.462 e. The van der Waals surface area contributed by atoms with Gasteiger partial charge >= 0.3 is 5.97 Å². The van der Waals surface area contributed by atoms with Crippen LogP contribution in [0, 0.1) is 11.8 Å². The number of rotatable bonds is 7. The lowest BCUT2D eigenvalue weighted by molar-refractivity contribution is -0.304. The van der Waals surface area contributed by atoms with Crippen molar-refractivity contribution in [2.24, 2.45) is 22.7 Å². The Hall–Kier alpha value is -3.53. The normalized spacial score (nSPS) is 41.1. The van der Waals surface area contributed by atoms with Gasteiger partial charge in [-0.25, -0.2) is 13.6 Å². The number of carbonyl (C=O) groups is 2. The second-order valence-electron chi connectivity index (χ2n) is 18.4. The fourth-order valence-corrected chi connectivity index (χ4v) is 8.66. The first kappa shape index (κ1) is 60.8. The lowest BCUT2D eigenvalue weighted by Gasteiger charge is -2.45. The molecule has 21 nitrogen and oxygen atoms in total. The van der Waals surface area contributed by atoms with E-state index < -0.39 is 151 Å². The minimum absolute atomic E-state index is 0.0631. The van der Waals surface area contributed by atoms with Crippen molar-refractivity contribution in [3.63, 3.8) is 0 Å². The molecule has 2 saturated heterocycles. The predicted octanol–water partition coefficient (Wildman–Crippen LogP) is -1.21. The molecule has 22 heteroatoms. The van der Waals surface area contributed by atoms with E-state index in [2.05, 4.69) is 5.32 Å². The van der Waals surface area contributed by atoms with E-state index in [4.69, 9.17) is 29.8 Å². The van der Waals surface area contributed by atoms with Gasteiger partial charge in [0.2, 0.25) is 15.9 Å². The molecule has 3 aliphatic heterocycles. The molecule has 0 aliphatic carbocycles. The topological polar surface area (TPSA) is 372 Å². The van der Waals surface area contributed by atoms with Crippen LogP contribution in [0.5, 0.6) is 0 Å². The monoisotopic (exact) mass is 1020 g/mol. The van der Waals surface area contributed by atoms with E-state index in [1.54, 1.807) is 85.9 Å². The standard InChI is InChI=1S/C48H77N3O18S/c1-30-16-13-11-9-7-5-3-4-6-8-10-12-14-17-35(68-47-45(61)44(49)40(59)29-66-47)26-41-43(46(62)51-20-15-21-70(50,64)65)39(58)28-48(63,69-41)27-34(54)24-38(57)36(55)19-18-32(52)23-33(53)25-42(60)67-31(2)22-37(30)56/h3-14,16-17,30-41,43-45,47,52-59,61,63H,15,18-29,49H2,1-2H3,(H,51,62)(H2,50,64,65)/b4-3+,7-5+,8-6+,11-9+,12-10+,16-13+,17-14+/t30-,31-,32?,33?,34?,35?,36?,37-,38?,39-,40+,41-,43+,44-,45-,47-,48?/m0/s1. The summed E-state index contributed by atoms with van der Waals surface area (Å²) in [6, 6.07) is -1.15. The highest BCUT2D eigenvalue weighted by Crippen LogP contribution is 2.38. The maximum absolute atomic E-state index is 13.7. The summed E-state index contributed by atoms with van der Waals surface area (Å²) in [5.74, 6) is -6.01. The molecule has 3 heterocycles. The molecule has 0 aromatic heterocycles. The molecule has 0 spiro atoms. The Bertz CT molecular complexity index is 1910. The zero-order valence-electron chi connectivity index (χ0n) is 39.8.